The number of nitro benzene ring substituents is 1. The minimum Gasteiger partial charge on any atom is -0.322 e. The van der Waals surface area contributed by atoms with Crippen molar-refractivity contribution in [3.05, 3.63) is 50.4 Å². The first-order valence-corrected chi connectivity index (χ1v) is 14.1. The largest absolute Gasteiger partial charge is 0.322 e. The van der Waals surface area contributed by atoms with Gasteiger partial charge in [0.25, 0.3) is 11.6 Å². The first-order chi connectivity index (χ1) is 17.5. The van der Waals surface area contributed by atoms with Gasteiger partial charge in [0, 0.05) is 35.7 Å². The predicted molar refractivity (Wildman–Crippen MR) is 148 cm³/mol. The normalized spacial score (nSPS) is 18.8. The molecule has 1 aromatic heterocycles. The maximum Gasteiger partial charge on any atom is 0.271 e. The van der Waals surface area contributed by atoms with Gasteiger partial charge in [-0.2, -0.15) is 0 Å². The fourth-order valence-electron chi connectivity index (χ4n) is 5.28. The van der Waals surface area contributed by atoms with Gasteiger partial charge in [-0.25, -0.2) is 0 Å². The van der Waals surface area contributed by atoms with E-state index in [0.717, 1.165) is 61.6 Å². The quantitative estimate of drug-likeness (QED) is 0.334. The van der Waals surface area contributed by atoms with Gasteiger partial charge in [-0.05, 0) is 74.1 Å². The number of anilines is 2. The van der Waals surface area contributed by atoms with Crippen molar-refractivity contribution in [2.45, 2.75) is 66.2 Å². The molecule has 200 valence electrons. The number of hydrogen-bond acceptors (Lipinski definition) is 6. The van der Waals surface area contributed by atoms with Crippen LogP contribution in [0.3, 0.4) is 0 Å². The zero-order valence-corrected chi connectivity index (χ0v) is 23.1. The molecule has 1 aromatic carbocycles. The molecular formula is C28H38N4O4S. The van der Waals surface area contributed by atoms with Gasteiger partial charge in [-0.1, -0.05) is 33.8 Å². The SMILES string of the molecule is CC1CCN(CCC(=O)Nc2sc3c(c2C(=O)Nc2cccc([N+](=O)[O-])c2)CC[C@@H](C(C)(C)C)C3)CC1. The molecule has 37 heavy (non-hydrogen) atoms. The topological polar surface area (TPSA) is 105 Å². The van der Waals surface area contributed by atoms with Crippen molar-refractivity contribution in [1.82, 2.24) is 4.90 Å². The second kappa shape index (κ2) is 11.3. The summed E-state index contributed by atoms with van der Waals surface area (Å²) in [6.45, 7) is 11.8. The van der Waals surface area contributed by atoms with Crippen molar-refractivity contribution in [2.24, 2.45) is 17.3 Å². The van der Waals surface area contributed by atoms with Gasteiger partial charge in [0.2, 0.25) is 5.91 Å². The van der Waals surface area contributed by atoms with Gasteiger partial charge in [0.05, 0.1) is 10.5 Å². The summed E-state index contributed by atoms with van der Waals surface area (Å²) < 4.78 is 0. The number of fused-ring (bicyclic) bond motifs is 1. The second-order valence-electron chi connectivity index (χ2n) is 11.6. The lowest BCUT2D eigenvalue weighted by molar-refractivity contribution is -0.384. The summed E-state index contributed by atoms with van der Waals surface area (Å²) in [4.78, 5) is 40.7. The minimum absolute atomic E-state index is 0.0844. The number of rotatable bonds is 7. The van der Waals surface area contributed by atoms with Crippen LogP contribution in [0.4, 0.5) is 16.4 Å². The van der Waals surface area contributed by atoms with Crippen LogP contribution < -0.4 is 10.6 Å². The van der Waals surface area contributed by atoms with Crippen LogP contribution >= 0.6 is 11.3 Å². The Hall–Kier alpha value is -2.78. The molecule has 1 aliphatic carbocycles. The number of carbonyl (C=O) groups is 2. The maximum absolute atomic E-state index is 13.5. The van der Waals surface area contributed by atoms with E-state index >= 15 is 0 Å². The van der Waals surface area contributed by atoms with Crippen LogP contribution in [0.1, 0.15) is 74.2 Å². The Balaban J connectivity index is 1.54. The summed E-state index contributed by atoms with van der Waals surface area (Å²) >= 11 is 1.50. The minimum atomic E-state index is -0.483. The summed E-state index contributed by atoms with van der Waals surface area (Å²) in [5.41, 5.74) is 1.92. The first kappa shape index (κ1) is 27.3. The number of likely N-dealkylation sites (tertiary alicyclic amines) is 1. The number of carbonyl (C=O) groups excluding carboxylic acids is 2. The number of nitro groups is 1. The fraction of sp³-hybridized carbons (Fsp3) is 0.571. The Labute approximate surface area is 223 Å². The summed E-state index contributed by atoms with van der Waals surface area (Å²) in [7, 11) is 0. The molecule has 0 spiro atoms. The molecule has 0 radical (unpaired) electrons. The van der Waals surface area contributed by atoms with Crippen molar-refractivity contribution in [3.8, 4) is 0 Å². The second-order valence-corrected chi connectivity index (χ2v) is 12.7. The molecule has 8 nitrogen and oxygen atoms in total. The van der Waals surface area contributed by atoms with Crippen molar-refractivity contribution in [2.75, 3.05) is 30.3 Å². The standard InChI is InChI=1S/C28H38N4O4S/c1-18-10-13-31(14-11-18)15-12-24(33)30-27-25(22-9-8-19(28(2,3)4)16-23(22)37-27)26(34)29-20-6-5-7-21(17-20)32(35)36/h5-7,17-19H,8-16H2,1-4H3,(H,29,34)(H,30,33)/t19-/m1/s1. The van der Waals surface area contributed by atoms with Crippen LogP contribution in [0.15, 0.2) is 24.3 Å². The van der Waals surface area contributed by atoms with Crippen molar-refractivity contribution in [3.63, 3.8) is 0 Å². The lowest BCUT2D eigenvalue weighted by Gasteiger charge is -2.33. The molecule has 2 N–H and O–H groups in total. The first-order valence-electron chi connectivity index (χ1n) is 13.2. The number of thiophene rings is 1. The van der Waals surface area contributed by atoms with Crippen molar-refractivity contribution >= 4 is 39.5 Å². The predicted octanol–water partition coefficient (Wildman–Crippen LogP) is 6.12. The van der Waals surface area contributed by atoms with Gasteiger partial charge in [-0.15, -0.1) is 11.3 Å². The molecule has 2 heterocycles. The highest BCUT2D eigenvalue weighted by atomic mass is 32.1. The summed E-state index contributed by atoms with van der Waals surface area (Å²) in [6, 6.07) is 5.93. The molecule has 2 amide bonds. The number of benzene rings is 1. The van der Waals surface area contributed by atoms with E-state index in [-0.39, 0.29) is 22.9 Å². The average molecular weight is 527 g/mol. The highest BCUT2D eigenvalue weighted by Gasteiger charge is 2.34. The Bertz CT molecular complexity index is 1160. The van der Waals surface area contributed by atoms with Crippen LogP contribution in [0.25, 0.3) is 0 Å². The molecule has 2 aliphatic rings. The zero-order chi connectivity index (χ0) is 26.7. The summed E-state index contributed by atoms with van der Waals surface area (Å²) in [5.74, 6) is 0.810. The average Bonchev–Trinajstić information content (AvgIpc) is 3.20. The van der Waals surface area contributed by atoms with E-state index in [9.17, 15) is 19.7 Å². The molecule has 1 fully saturated rings. The third-order valence-corrected chi connectivity index (χ3v) is 8.99. The molecule has 0 unspecified atom stereocenters. The third-order valence-electron chi connectivity index (χ3n) is 7.82. The van der Waals surface area contributed by atoms with E-state index in [1.54, 1.807) is 12.1 Å². The van der Waals surface area contributed by atoms with Crippen LogP contribution in [-0.4, -0.2) is 41.3 Å². The van der Waals surface area contributed by atoms with Crippen molar-refractivity contribution in [1.29, 1.82) is 0 Å². The van der Waals surface area contributed by atoms with Gasteiger partial charge >= 0.3 is 0 Å². The molecule has 0 bridgehead atoms. The molecule has 1 saturated heterocycles. The van der Waals surface area contributed by atoms with E-state index in [0.29, 0.717) is 35.1 Å². The summed E-state index contributed by atoms with van der Waals surface area (Å²) in [5, 5.41) is 17.7. The number of nitrogens with one attached hydrogen (secondary N) is 2. The molecule has 4 rings (SSSR count). The number of piperidine rings is 1. The van der Waals surface area contributed by atoms with Crippen LogP contribution in [0.5, 0.6) is 0 Å². The Morgan fingerprint density at radius 2 is 1.89 bits per heavy atom. The van der Waals surface area contributed by atoms with Crippen molar-refractivity contribution < 1.29 is 14.5 Å². The van der Waals surface area contributed by atoms with Gasteiger partial charge in [0.1, 0.15) is 5.00 Å². The van der Waals surface area contributed by atoms with Gasteiger partial charge < -0.3 is 15.5 Å². The number of hydrogen-bond donors (Lipinski definition) is 2. The van der Waals surface area contributed by atoms with Crippen LogP contribution in [-0.2, 0) is 17.6 Å². The number of non-ortho nitro benzene ring substituents is 1. The number of nitrogens with zero attached hydrogens (tertiary/aromatic N) is 2. The maximum atomic E-state index is 13.5. The zero-order valence-electron chi connectivity index (χ0n) is 22.3. The van der Waals surface area contributed by atoms with E-state index in [1.165, 1.54) is 23.5 Å². The molecule has 1 aliphatic heterocycles. The molecule has 1 atom stereocenters. The monoisotopic (exact) mass is 526 g/mol. The summed E-state index contributed by atoms with van der Waals surface area (Å²) in [6.07, 6.45) is 5.33. The van der Waals surface area contributed by atoms with E-state index in [2.05, 4.69) is 43.2 Å². The van der Waals surface area contributed by atoms with Crippen LogP contribution in [0, 0.1) is 27.4 Å². The lowest BCUT2D eigenvalue weighted by Crippen LogP contribution is -2.35. The smallest absolute Gasteiger partial charge is 0.271 e. The molecule has 9 heteroatoms. The van der Waals surface area contributed by atoms with Gasteiger partial charge in [0.15, 0.2) is 0 Å². The van der Waals surface area contributed by atoms with E-state index < -0.39 is 4.92 Å². The van der Waals surface area contributed by atoms with E-state index in [4.69, 9.17) is 0 Å². The van der Waals surface area contributed by atoms with E-state index in [1.807, 2.05) is 0 Å². The Morgan fingerprint density at radius 3 is 2.57 bits per heavy atom. The highest BCUT2D eigenvalue weighted by Crippen LogP contribution is 2.44. The third kappa shape index (κ3) is 6.76. The molecular weight excluding hydrogens is 488 g/mol. The number of amides is 2. The van der Waals surface area contributed by atoms with Crippen LogP contribution in [0.2, 0.25) is 0 Å². The Kier molecular flexibility index (Phi) is 8.33. The fourth-order valence-corrected chi connectivity index (χ4v) is 6.62. The van der Waals surface area contributed by atoms with Gasteiger partial charge in [-0.3, -0.25) is 19.7 Å². The molecule has 2 aromatic rings. The molecule has 0 saturated carbocycles. The lowest BCUT2D eigenvalue weighted by atomic mass is 9.72. The Morgan fingerprint density at radius 1 is 1.16 bits per heavy atom. The highest BCUT2D eigenvalue weighted by molar-refractivity contribution is 7.17.